The van der Waals surface area contributed by atoms with Crippen LogP contribution in [0.5, 0.6) is 0 Å². The number of aryl methyl sites for hydroxylation is 1. The van der Waals surface area contributed by atoms with Gasteiger partial charge >= 0.3 is 5.69 Å². The summed E-state index contributed by atoms with van der Waals surface area (Å²) in [4.78, 5) is 10.3. The largest absolute Gasteiger partial charge is 0.396 e. The van der Waals surface area contributed by atoms with Crippen molar-refractivity contribution in [2.75, 3.05) is 19.8 Å². The Bertz CT molecular complexity index is 450. The molecule has 1 N–H and O–H groups in total. The van der Waals surface area contributed by atoms with Crippen LogP contribution in [0.4, 0.5) is 5.69 Å². The van der Waals surface area contributed by atoms with Crippen molar-refractivity contribution < 1.29 is 19.5 Å². The number of hydrogen-bond acceptors (Lipinski definition) is 6. The van der Waals surface area contributed by atoms with Crippen molar-refractivity contribution in [1.29, 1.82) is 0 Å². The van der Waals surface area contributed by atoms with Crippen LogP contribution in [-0.4, -0.2) is 39.6 Å². The fourth-order valence-electron chi connectivity index (χ4n) is 1.74. The predicted molar refractivity (Wildman–Crippen MR) is 59.7 cm³/mol. The van der Waals surface area contributed by atoms with E-state index in [9.17, 15) is 15.2 Å². The third-order valence-corrected chi connectivity index (χ3v) is 2.93. The predicted octanol–water partition coefficient (Wildman–Crippen LogP) is 0.372. The van der Waals surface area contributed by atoms with Crippen molar-refractivity contribution in [2.45, 2.75) is 13.2 Å². The van der Waals surface area contributed by atoms with Crippen molar-refractivity contribution in [1.82, 2.24) is 9.78 Å². The molecule has 2 heterocycles. The molecule has 0 atom stereocenters. The van der Waals surface area contributed by atoms with Crippen LogP contribution in [0.2, 0.25) is 0 Å². The molecule has 0 aromatic carbocycles. The molecule has 0 bridgehead atoms. The topological polar surface area (TPSA) is 99.7 Å². The number of rotatable bonds is 3. The van der Waals surface area contributed by atoms with Crippen LogP contribution in [0.25, 0.3) is 0 Å². The lowest BCUT2D eigenvalue weighted by Gasteiger charge is -2.35. The van der Waals surface area contributed by atoms with Gasteiger partial charge in [-0.25, -0.2) is 0 Å². The summed E-state index contributed by atoms with van der Waals surface area (Å²) in [6.07, 6.45) is 0.347. The minimum atomic E-state index is -0.822. The van der Waals surface area contributed by atoms with Gasteiger partial charge in [0.15, 0.2) is 5.69 Å². The van der Waals surface area contributed by atoms with Crippen LogP contribution < -0.4 is 0 Å². The zero-order valence-corrected chi connectivity index (χ0v) is 10.2. The molecule has 1 fully saturated rings. The third-order valence-electron chi connectivity index (χ3n) is 2.93. The number of ether oxygens (including phenoxy) is 2. The Balaban J connectivity index is 2.19. The van der Waals surface area contributed by atoms with Crippen molar-refractivity contribution in [2.24, 2.45) is 12.5 Å². The Kier molecular flexibility index (Phi) is 3.33. The van der Waals surface area contributed by atoms with E-state index in [4.69, 9.17) is 9.47 Å². The average molecular weight is 257 g/mol. The molecule has 8 nitrogen and oxygen atoms in total. The quantitative estimate of drug-likeness (QED) is 0.620. The van der Waals surface area contributed by atoms with Gasteiger partial charge in [0.05, 0.1) is 24.7 Å². The molecule has 0 amide bonds. The van der Waals surface area contributed by atoms with E-state index in [1.165, 1.54) is 10.9 Å². The zero-order valence-electron chi connectivity index (χ0n) is 10.2. The lowest BCUT2D eigenvalue weighted by molar-refractivity contribution is -0.388. The number of aromatic nitrogens is 2. The first kappa shape index (κ1) is 12.9. The summed E-state index contributed by atoms with van der Waals surface area (Å²) in [7, 11) is 1.59. The van der Waals surface area contributed by atoms with Crippen LogP contribution in [0.1, 0.15) is 18.9 Å². The van der Waals surface area contributed by atoms with Gasteiger partial charge in [-0.05, 0) is 0 Å². The number of nitrogens with zero attached hydrogens (tertiary/aromatic N) is 3. The molecule has 0 radical (unpaired) electrons. The molecule has 0 saturated carbocycles. The minimum absolute atomic E-state index is 0.0623. The normalized spacial score (nSPS) is 28.3. The molecule has 0 aliphatic carbocycles. The standard InChI is InChI=1S/C10H15N3O5/c1-10(4-14)5-17-9(18-6-10)8-7(13(15)16)3-11-12(8)2/h3,9,14H,4-6H2,1-2H3. The Morgan fingerprint density at radius 2 is 2.28 bits per heavy atom. The molecule has 0 unspecified atom stereocenters. The van der Waals surface area contributed by atoms with Gasteiger partial charge in [0.2, 0.25) is 6.29 Å². The second-order valence-corrected chi connectivity index (χ2v) is 4.72. The number of aliphatic hydroxyl groups is 1. The van der Waals surface area contributed by atoms with Crippen molar-refractivity contribution in [3.63, 3.8) is 0 Å². The summed E-state index contributed by atoms with van der Waals surface area (Å²) in [5.74, 6) is 0. The van der Waals surface area contributed by atoms with Crippen LogP contribution in [-0.2, 0) is 16.5 Å². The molecular weight excluding hydrogens is 242 g/mol. The van der Waals surface area contributed by atoms with E-state index in [0.717, 1.165) is 0 Å². The highest BCUT2D eigenvalue weighted by molar-refractivity contribution is 5.34. The SMILES string of the molecule is Cn1ncc([N+](=O)[O-])c1C1OCC(C)(CO)CO1. The van der Waals surface area contributed by atoms with Gasteiger partial charge in [-0.15, -0.1) is 0 Å². The first-order valence-corrected chi connectivity index (χ1v) is 5.47. The van der Waals surface area contributed by atoms with Crippen molar-refractivity contribution in [3.05, 3.63) is 22.0 Å². The van der Waals surface area contributed by atoms with E-state index in [1.807, 2.05) is 6.92 Å². The molecule has 18 heavy (non-hydrogen) atoms. The van der Waals surface area contributed by atoms with Crippen LogP contribution in [0, 0.1) is 15.5 Å². The van der Waals surface area contributed by atoms with Crippen LogP contribution >= 0.6 is 0 Å². The Labute approximate surface area is 103 Å². The lowest BCUT2D eigenvalue weighted by atomic mass is 9.93. The molecule has 1 aliphatic heterocycles. The summed E-state index contributed by atoms with van der Waals surface area (Å²) >= 11 is 0. The lowest BCUT2D eigenvalue weighted by Crippen LogP contribution is -2.39. The van der Waals surface area contributed by atoms with Gasteiger partial charge in [-0.2, -0.15) is 5.10 Å². The Hall–Kier alpha value is -1.51. The highest BCUT2D eigenvalue weighted by Crippen LogP contribution is 2.34. The Morgan fingerprint density at radius 3 is 2.78 bits per heavy atom. The van der Waals surface area contributed by atoms with E-state index in [2.05, 4.69) is 5.10 Å². The van der Waals surface area contributed by atoms with Gasteiger partial charge in [-0.1, -0.05) is 6.92 Å². The molecule has 1 saturated heterocycles. The number of aliphatic hydroxyl groups excluding tert-OH is 1. The van der Waals surface area contributed by atoms with Gasteiger partial charge in [0.1, 0.15) is 6.20 Å². The molecule has 1 aromatic heterocycles. The van der Waals surface area contributed by atoms with Gasteiger partial charge in [0, 0.05) is 12.5 Å². The second kappa shape index (κ2) is 4.63. The average Bonchev–Trinajstić information content (AvgIpc) is 2.73. The maximum absolute atomic E-state index is 10.9. The van der Waals surface area contributed by atoms with Gasteiger partial charge in [0.25, 0.3) is 0 Å². The molecular formula is C10H15N3O5. The molecule has 1 aromatic rings. The van der Waals surface area contributed by atoms with E-state index < -0.39 is 16.6 Å². The van der Waals surface area contributed by atoms with E-state index >= 15 is 0 Å². The summed E-state index contributed by atoms with van der Waals surface area (Å²) < 4.78 is 12.3. The maximum atomic E-state index is 10.9. The summed E-state index contributed by atoms with van der Waals surface area (Å²) in [5, 5.41) is 23.9. The minimum Gasteiger partial charge on any atom is -0.396 e. The van der Waals surface area contributed by atoms with E-state index in [0.29, 0.717) is 0 Å². The molecule has 8 heteroatoms. The third kappa shape index (κ3) is 2.22. The Morgan fingerprint density at radius 1 is 1.67 bits per heavy atom. The van der Waals surface area contributed by atoms with Gasteiger partial charge < -0.3 is 14.6 Å². The molecule has 1 aliphatic rings. The highest BCUT2D eigenvalue weighted by Gasteiger charge is 2.37. The summed E-state index contributed by atoms with van der Waals surface area (Å²) in [5.41, 5.74) is -0.320. The van der Waals surface area contributed by atoms with Crippen LogP contribution in [0.3, 0.4) is 0 Å². The van der Waals surface area contributed by atoms with E-state index in [-0.39, 0.29) is 31.2 Å². The highest BCUT2D eigenvalue weighted by atomic mass is 16.7. The number of nitro groups is 1. The fraction of sp³-hybridized carbons (Fsp3) is 0.700. The van der Waals surface area contributed by atoms with Crippen molar-refractivity contribution >= 4 is 5.69 Å². The first-order valence-electron chi connectivity index (χ1n) is 5.47. The zero-order chi connectivity index (χ0) is 13.3. The second-order valence-electron chi connectivity index (χ2n) is 4.72. The summed E-state index contributed by atoms with van der Waals surface area (Å²) in [6.45, 7) is 2.31. The van der Waals surface area contributed by atoms with Crippen molar-refractivity contribution in [3.8, 4) is 0 Å². The first-order chi connectivity index (χ1) is 8.47. The molecule has 0 spiro atoms. The van der Waals surface area contributed by atoms with Gasteiger partial charge in [-0.3, -0.25) is 14.8 Å². The molecule has 2 rings (SSSR count). The smallest absolute Gasteiger partial charge is 0.315 e. The summed E-state index contributed by atoms with van der Waals surface area (Å²) in [6, 6.07) is 0. The molecule has 100 valence electrons. The monoisotopic (exact) mass is 257 g/mol. The number of hydrogen-bond donors (Lipinski definition) is 1. The fourth-order valence-corrected chi connectivity index (χ4v) is 1.74. The maximum Gasteiger partial charge on any atom is 0.315 e. The van der Waals surface area contributed by atoms with E-state index in [1.54, 1.807) is 7.05 Å². The van der Waals surface area contributed by atoms with Crippen LogP contribution in [0.15, 0.2) is 6.20 Å².